The van der Waals surface area contributed by atoms with E-state index in [1.807, 2.05) is 6.92 Å². The van der Waals surface area contributed by atoms with E-state index < -0.39 is 11.6 Å². The Balaban J connectivity index is 2.27. The van der Waals surface area contributed by atoms with Gasteiger partial charge in [-0.25, -0.2) is 8.78 Å². The van der Waals surface area contributed by atoms with Crippen LogP contribution < -0.4 is 5.73 Å². The molecule has 1 aromatic heterocycles. The summed E-state index contributed by atoms with van der Waals surface area (Å²) in [5, 5.41) is 6.79. The number of halogens is 2. The molecule has 0 saturated carbocycles. The Morgan fingerprint density at radius 2 is 2.17 bits per heavy atom. The molecule has 3 nitrogen and oxygen atoms in total. The van der Waals surface area contributed by atoms with Gasteiger partial charge in [0.15, 0.2) is 11.6 Å². The highest BCUT2D eigenvalue weighted by Gasteiger charge is 2.13. The number of benzene rings is 1. The lowest BCUT2D eigenvalue weighted by Gasteiger charge is -2.04. The first-order valence-corrected chi connectivity index (χ1v) is 5.86. The highest BCUT2D eigenvalue weighted by atomic mass is 19.2. The Morgan fingerprint density at radius 3 is 2.89 bits per heavy atom. The molecule has 18 heavy (non-hydrogen) atoms. The molecule has 0 aliphatic carbocycles. The van der Waals surface area contributed by atoms with E-state index in [1.54, 1.807) is 6.07 Å². The number of nitrogens with one attached hydrogen (secondary N) is 1. The predicted molar refractivity (Wildman–Crippen MR) is 65.9 cm³/mol. The Kier molecular flexibility index (Phi) is 3.72. The number of aromatic nitrogens is 2. The van der Waals surface area contributed by atoms with E-state index in [0.717, 1.165) is 18.2 Å². The second-order valence-electron chi connectivity index (χ2n) is 4.25. The van der Waals surface area contributed by atoms with Crippen molar-refractivity contribution in [2.75, 3.05) is 0 Å². The van der Waals surface area contributed by atoms with Gasteiger partial charge >= 0.3 is 0 Å². The van der Waals surface area contributed by atoms with Gasteiger partial charge in [-0.1, -0.05) is 13.0 Å². The van der Waals surface area contributed by atoms with Crippen molar-refractivity contribution in [2.45, 2.75) is 25.8 Å². The lowest BCUT2D eigenvalue weighted by Crippen LogP contribution is -2.21. The second kappa shape index (κ2) is 5.27. The summed E-state index contributed by atoms with van der Waals surface area (Å²) < 4.78 is 26.7. The van der Waals surface area contributed by atoms with Crippen LogP contribution in [0.2, 0.25) is 0 Å². The fraction of sp³-hybridized carbons (Fsp3) is 0.308. The van der Waals surface area contributed by atoms with Gasteiger partial charge in [0.05, 0.1) is 5.69 Å². The monoisotopic (exact) mass is 251 g/mol. The largest absolute Gasteiger partial charge is 0.327 e. The van der Waals surface area contributed by atoms with Crippen LogP contribution in [-0.2, 0) is 6.42 Å². The van der Waals surface area contributed by atoms with Crippen LogP contribution in [0.4, 0.5) is 8.78 Å². The third-order valence-electron chi connectivity index (χ3n) is 2.86. The molecule has 2 rings (SSSR count). The molecule has 5 heteroatoms. The van der Waals surface area contributed by atoms with Crippen LogP contribution in [0, 0.1) is 11.6 Å². The minimum atomic E-state index is -0.879. The van der Waals surface area contributed by atoms with Gasteiger partial charge in [-0.05, 0) is 24.6 Å². The zero-order valence-corrected chi connectivity index (χ0v) is 10.1. The van der Waals surface area contributed by atoms with E-state index in [1.165, 1.54) is 12.1 Å². The summed E-state index contributed by atoms with van der Waals surface area (Å²) in [5.41, 5.74) is 7.20. The van der Waals surface area contributed by atoms with Crippen molar-refractivity contribution < 1.29 is 8.78 Å². The maximum Gasteiger partial charge on any atom is 0.168 e. The summed E-state index contributed by atoms with van der Waals surface area (Å²) >= 11 is 0. The molecule has 0 amide bonds. The zero-order valence-electron chi connectivity index (χ0n) is 10.1. The first kappa shape index (κ1) is 12.7. The molecule has 1 unspecified atom stereocenters. The van der Waals surface area contributed by atoms with Crippen LogP contribution >= 0.6 is 0 Å². The number of rotatable bonds is 4. The molecule has 0 bridgehead atoms. The molecular weight excluding hydrogens is 236 g/mol. The number of hydrogen-bond acceptors (Lipinski definition) is 2. The van der Waals surface area contributed by atoms with Gasteiger partial charge in [-0.3, -0.25) is 5.10 Å². The van der Waals surface area contributed by atoms with Gasteiger partial charge in [0.1, 0.15) is 0 Å². The molecule has 2 aromatic rings. The van der Waals surface area contributed by atoms with Gasteiger partial charge in [0.2, 0.25) is 0 Å². The van der Waals surface area contributed by atoms with Gasteiger partial charge in [-0.15, -0.1) is 0 Å². The molecule has 0 radical (unpaired) electrons. The highest BCUT2D eigenvalue weighted by Crippen LogP contribution is 2.23. The maximum atomic E-state index is 13.6. The number of nitrogens with zero attached hydrogens (tertiary/aromatic N) is 1. The first-order chi connectivity index (χ1) is 8.61. The van der Waals surface area contributed by atoms with Crippen molar-refractivity contribution in [3.63, 3.8) is 0 Å². The van der Waals surface area contributed by atoms with Gasteiger partial charge < -0.3 is 5.73 Å². The summed E-state index contributed by atoms with van der Waals surface area (Å²) in [7, 11) is 0. The molecule has 96 valence electrons. The quantitative estimate of drug-likeness (QED) is 0.877. The fourth-order valence-electron chi connectivity index (χ4n) is 1.73. The standard InChI is InChI=1S/C13H15F2N3/c1-2-8(16)6-9-7-12(18-17-9)10-4-3-5-11(14)13(10)15/h3-5,7-8H,2,6,16H2,1H3,(H,17,18). The van der Waals surface area contributed by atoms with Gasteiger partial charge in [-0.2, -0.15) is 5.10 Å². The lowest BCUT2D eigenvalue weighted by atomic mass is 10.1. The van der Waals surface area contributed by atoms with Crippen LogP contribution in [-0.4, -0.2) is 16.2 Å². The van der Waals surface area contributed by atoms with Crippen LogP contribution in [0.1, 0.15) is 19.0 Å². The summed E-state index contributed by atoms with van der Waals surface area (Å²) in [6.45, 7) is 1.99. The average Bonchev–Trinajstić information content (AvgIpc) is 2.80. The Labute approximate surface area is 104 Å². The molecule has 1 atom stereocenters. The van der Waals surface area contributed by atoms with Crippen LogP contribution in [0.5, 0.6) is 0 Å². The molecule has 0 saturated heterocycles. The molecule has 1 aromatic carbocycles. The third kappa shape index (κ3) is 2.56. The Morgan fingerprint density at radius 1 is 1.39 bits per heavy atom. The van der Waals surface area contributed by atoms with Gasteiger partial charge in [0.25, 0.3) is 0 Å². The normalized spacial score (nSPS) is 12.7. The average molecular weight is 251 g/mol. The van der Waals surface area contributed by atoms with Crippen molar-refractivity contribution in [3.8, 4) is 11.3 Å². The van der Waals surface area contributed by atoms with Crippen molar-refractivity contribution in [2.24, 2.45) is 5.73 Å². The first-order valence-electron chi connectivity index (χ1n) is 5.86. The molecule has 0 spiro atoms. The minimum Gasteiger partial charge on any atom is -0.327 e. The van der Waals surface area contributed by atoms with E-state index in [0.29, 0.717) is 12.1 Å². The predicted octanol–water partition coefficient (Wildman–Crippen LogP) is 2.63. The summed E-state index contributed by atoms with van der Waals surface area (Å²) in [5.74, 6) is -1.75. The smallest absolute Gasteiger partial charge is 0.168 e. The highest BCUT2D eigenvalue weighted by molar-refractivity contribution is 5.60. The molecule has 0 aliphatic rings. The SMILES string of the molecule is CCC(N)Cc1cc(-c2cccc(F)c2F)n[nH]1. The Bertz CT molecular complexity index is 537. The minimum absolute atomic E-state index is 0.0376. The van der Waals surface area contributed by atoms with E-state index >= 15 is 0 Å². The second-order valence-corrected chi connectivity index (χ2v) is 4.25. The van der Waals surface area contributed by atoms with Gasteiger partial charge in [0, 0.05) is 23.7 Å². The molecular formula is C13H15F2N3. The van der Waals surface area contributed by atoms with E-state index in [-0.39, 0.29) is 11.6 Å². The van der Waals surface area contributed by atoms with Crippen molar-refractivity contribution >= 4 is 0 Å². The van der Waals surface area contributed by atoms with E-state index in [2.05, 4.69) is 10.2 Å². The van der Waals surface area contributed by atoms with E-state index in [9.17, 15) is 8.78 Å². The number of hydrogen-bond donors (Lipinski definition) is 2. The number of nitrogens with two attached hydrogens (primary N) is 1. The molecule has 0 aliphatic heterocycles. The van der Waals surface area contributed by atoms with Crippen molar-refractivity contribution in [3.05, 3.63) is 41.6 Å². The van der Waals surface area contributed by atoms with Crippen LogP contribution in [0.15, 0.2) is 24.3 Å². The topological polar surface area (TPSA) is 54.7 Å². The summed E-state index contributed by atoms with van der Waals surface area (Å²) in [6, 6.07) is 5.78. The molecule has 0 fully saturated rings. The molecule has 1 heterocycles. The zero-order chi connectivity index (χ0) is 13.1. The van der Waals surface area contributed by atoms with Crippen LogP contribution in [0.25, 0.3) is 11.3 Å². The fourth-order valence-corrected chi connectivity index (χ4v) is 1.73. The molecule has 3 N–H and O–H groups in total. The van der Waals surface area contributed by atoms with Crippen molar-refractivity contribution in [1.82, 2.24) is 10.2 Å². The number of H-pyrrole nitrogens is 1. The van der Waals surface area contributed by atoms with Crippen LogP contribution in [0.3, 0.4) is 0 Å². The Hall–Kier alpha value is -1.75. The number of aromatic amines is 1. The van der Waals surface area contributed by atoms with E-state index in [4.69, 9.17) is 5.73 Å². The lowest BCUT2D eigenvalue weighted by molar-refractivity contribution is 0.511. The maximum absolute atomic E-state index is 13.6. The third-order valence-corrected chi connectivity index (χ3v) is 2.86. The van der Waals surface area contributed by atoms with Crippen molar-refractivity contribution in [1.29, 1.82) is 0 Å². The summed E-state index contributed by atoms with van der Waals surface area (Å²) in [6.07, 6.45) is 1.49. The summed E-state index contributed by atoms with van der Waals surface area (Å²) in [4.78, 5) is 0.